The number of piperidine rings is 1. The van der Waals surface area contributed by atoms with Crippen molar-refractivity contribution in [2.45, 2.75) is 56.8 Å². The van der Waals surface area contributed by atoms with E-state index in [1.807, 2.05) is 6.07 Å². The minimum atomic E-state index is -0.835. The van der Waals surface area contributed by atoms with Gasteiger partial charge in [0.2, 0.25) is 0 Å². The van der Waals surface area contributed by atoms with Crippen LogP contribution in [0, 0.1) is 0 Å². The second-order valence-corrected chi connectivity index (χ2v) is 8.55. The number of hydrogen-bond acceptors (Lipinski definition) is 8. The van der Waals surface area contributed by atoms with Crippen LogP contribution >= 0.6 is 0 Å². The Labute approximate surface area is 181 Å². The summed E-state index contributed by atoms with van der Waals surface area (Å²) in [6, 6.07) is 3.78. The molecule has 4 atom stereocenters. The molecule has 0 unspecified atom stereocenters. The fourth-order valence-corrected chi connectivity index (χ4v) is 5.74. The van der Waals surface area contributed by atoms with Gasteiger partial charge in [-0.25, -0.2) is 0 Å². The molecule has 1 N–H and O–H groups in total. The second-order valence-electron chi connectivity index (χ2n) is 8.55. The Hall–Kier alpha value is -2.74. The van der Waals surface area contributed by atoms with Gasteiger partial charge in [0.25, 0.3) is 0 Å². The molecule has 0 radical (unpaired) electrons. The molecule has 1 aromatic rings. The van der Waals surface area contributed by atoms with Gasteiger partial charge in [0.15, 0.2) is 17.6 Å². The van der Waals surface area contributed by atoms with Crippen LogP contribution in [-0.2, 0) is 35.6 Å². The lowest BCUT2D eigenvalue weighted by Crippen LogP contribution is -2.60. The van der Waals surface area contributed by atoms with E-state index < -0.39 is 29.6 Å². The van der Waals surface area contributed by atoms with E-state index in [4.69, 9.17) is 18.9 Å². The summed E-state index contributed by atoms with van der Waals surface area (Å²) in [5, 5.41) is 11.2. The van der Waals surface area contributed by atoms with E-state index in [1.165, 1.54) is 21.0 Å². The Kier molecular flexibility index (Phi) is 5.37. The Morgan fingerprint density at radius 2 is 1.84 bits per heavy atom. The van der Waals surface area contributed by atoms with Crippen molar-refractivity contribution in [2.24, 2.45) is 0 Å². The third kappa shape index (κ3) is 3.24. The van der Waals surface area contributed by atoms with Gasteiger partial charge in [-0.05, 0) is 43.6 Å². The SMILES string of the molecule is COC1=C2[C@@H]3Cc4ccc(OC)c(O)c4[C@]2(CCN3C)C[C@H](OC(C)=O)[C@@H]1OC(C)=O. The molecule has 1 saturated heterocycles. The van der Waals surface area contributed by atoms with Gasteiger partial charge in [-0.2, -0.15) is 0 Å². The van der Waals surface area contributed by atoms with Gasteiger partial charge in [0.05, 0.1) is 14.2 Å². The number of methoxy groups -OCH3 is 2. The van der Waals surface area contributed by atoms with Crippen molar-refractivity contribution in [1.82, 2.24) is 4.90 Å². The molecule has 4 rings (SSSR count). The zero-order valence-corrected chi connectivity index (χ0v) is 18.6. The number of ether oxygens (including phenoxy) is 4. The topological polar surface area (TPSA) is 94.5 Å². The van der Waals surface area contributed by atoms with E-state index in [1.54, 1.807) is 13.2 Å². The summed E-state index contributed by atoms with van der Waals surface area (Å²) in [4.78, 5) is 26.1. The van der Waals surface area contributed by atoms with Gasteiger partial charge in [-0.15, -0.1) is 0 Å². The number of likely N-dealkylation sites (N-methyl/N-ethyl adjacent to an activating group) is 1. The zero-order chi connectivity index (χ0) is 22.5. The molecule has 0 spiro atoms. The van der Waals surface area contributed by atoms with Gasteiger partial charge in [0, 0.05) is 37.3 Å². The highest BCUT2D eigenvalue weighted by Crippen LogP contribution is 2.59. The van der Waals surface area contributed by atoms with Crippen LogP contribution in [0.3, 0.4) is 0 Å². The van der Waals surface area contributed by atoms with Crippen LogP contribution in [0.25, 0.3) is 0 Å². The van der Waals surface area contributed by atoms with Crippen molar-refractivity contribution in [3.05, 3.63) is 34.6 Å². The molecule has 1 heterocycles. The first-order valence-electron chi connectivity index (χ1n) is 10.5. The molecule has 0 amide bonds. The molecule has 8 nitrogen and oxygen atoms in total. The maximum atomic E-state index is 11.9. The zero-order valence-electron chi connectivity index (χ0n) is 18.6. The Bertz CT molecular complexity index is 955. The number of likely N-dealkylation sites (tertiary alicyclic amines) is 1. The highest BCUT2D eigenvalue weighted by molar-refractivity contribution is 5.69. The average Bonchev–Trinajstić information content (AvgIpc) is 2.70. The predicted molar refractivity (Wildman–Crippen MR) is 111 cm³/mol. The van der Waals surface area contributed by atoms with E-state index >= 15 is 0 Å². The van der Waals surface area contributed by atoms with Crippen LogP contribution in [0.1, 0.15) is 37.8 Å². The first-order valence-corrected chi connectivity index (χ1v) is 10.5. The molecule has 3 aliphatic rings. The Morgan fingerprint density at radius 1 is 1.13 bits per heavy atom. The second kappa shape index (κ2) is 7.75. The monoisotopic (exact) mass is 431 g/mol. The molecule has 1 fully saturated rings. The third-order valence-electron chi connectivity index (χ3n) is 6.85. The van der Waals surface area contributed by atoms with Crippen LogP contribution in [-0.4, -0.2) is 68.0 Å². The minimum absolute atomic E-state index is 0.0142. The van der Waals surface area contributed by atoms with Gasteiger partial charge in [-0.3, -0.25) is 14.5 Å². The van der Waals surface area contributed by atoms with Crippen LogP contribution in [0.15, 0.2) is 23.5 Å². The fraction of sp³-hybridized carbons (Fsp3) is 0.565. The maximum Gasteiger partial charge on any atom is 0.303 e. The van der Waals surface area contributed by atoms with Crippen molar-refractivity contribution in [3.63, 3.8) is 0 Å². The van der Waals surface area contributed by atoms with E-state index in [-0.39, 0.29) is 11.8 Å². The van der Waals surface area contributed by atoms with Crippen LogP contribution in [0.4, 0.5) is 0 Å². The average molecular weight is 431 g/mol. The largest absolute Gasteiger partial charge is 0.504 e. The highest BCUT2D eigenvalue weighted by Gasteiger charge is 2.59. The summed E-state index contributed by atoms with van der Waals surface area (Å²) in [5.74, 6) is 0.0517. The highest BCUT2D eigenvalue weighted by atomic mass is 16.6. The number of esters is 2. The standard InChI is InChI=1S/C23H29NO7/c1-12(25)30-17-11-23-8-9-24(3)15(19(23)22(29-5)21(17)31-13(2)26)10-14-6-7-16(28-4)20(27)18(14)23/h6-7,15,17,21,27H,8-11H2,1-5H3/t15-,17-,21-,23-/m0/s1. The van der Waals surface area contributed by atoms with Crippen molar-refractivity contribution in [1.29, 1.82) is 0 Å². The number of rotatable bonds is 4. The molecule has 168 valence electrons. The van der Waals surface area contributed by atoms with Crippen molar-refractivity contribution < 1.29 is 33.6 Å². The predicted octanol–water partition coefficient (Wildman–Crippen LogP) is 2.07. The molecule has 0 saturated carbocycles. The summed E-state index contributed by atoms with van der Waals surface area (Å²) < 4.78 is 22.5. The quantitative estimate of drug-likeness (QED) is 0.724. The van der Waals surface area contributed by atoms with Crippen molar-refractivity contribution >= 4 is 11.9 Å². The maximum absolute atomic E-state index is 11.9. The number of carbonyl (C=O) groups excluding carboxylic acids is 2. The number of phenolic OH excluding ortho intramolecular Hbond substituents is 1. The summed E-state index contributed by atoms with van der Waals surface area (Å²) in [7, 11) is 5.12. The van der Waals surface area contributed by atoms with E-state index in [9.17, 15) is 14.7 Å². The number of carbonyl (C=O) groups is 2. The molecule has 8 heteroatoms. The van der Waals surface area contributed by atoms with E-state index in [0.717, 1.165) is 23.2 Å². The fourth-order valence-electron chi connectivity index (χ4n) is 5.74. The van der Waals surface area contributed by atoms with Crippen LogP contribution < -0.4 is 4.74 Å². The van der Waals surface area contributed by atoms with E-state index in [0.29, 0.717) is 30.8 Å². The van der Waals surface area contributed by atoms with Gasteiger partial charge >= 0.3 is 11.9 Å². The lowest BCUT2D eigenvalue weighted by Gasteiger charge is -2.56. The summed E-state index contributed by atoms with van der Waals surface area (Å²) >= 11 is 0. The number of nitrogens with zero attached hydrogens (tertiary/aromatic N) is 1. The molecule has 0 aromatic heterocycles. The Morgan fingerprint density at radius 3 is 2.45 bits per heavy atom. The molecule has 2 bridgehead atoms. The number of aromatic hydroxyl groups is 1. The molecule has 1 aromatic carbocycles. The molecule has 2 aliphatic carbocycles. The smallest absolute Gasteiger partial charge is 0.303 e. The van der Waals surface area contributed by atoms with Crippen molar-refractivity contribution in [2.75, 3.05) is 27.8 Å². The van der Waals surface area contributed by atoms with Crippen molar-refractivity contribution in [3.8, 4) is 11.5 Å². The van der Waals surface area contributed by atoms with E-state index in [2.05, 4.69) is 11.9 Å². The Balaban J connectivity index is 2.01. The molecular formula is C23H29NO7. The summed E-state index contributed by atoms with van der Waals surface area (Å²) in [6.45, 7) is 3.46. The first kappa shape index (κ1) is 21.5. The van der Waals surface area contributed by atoms with Gasteiger partial charge < -0.3 is 24.1 Å². The van der Waals surface area contributed by atoms with Gasteiger partial charge in [0.1, 0.15) is 11.9 Å². The molecule has 31 heavy (non-hydrogen) atoms. The first-order chi connectivity index (χ1) is 14.7. The molecular weight excluding hydrogens is 402 g/mol. The minimum Gasteiger partial charge on any atom is -0.504 e. The van der Waals surface area contributed by atoms with Gasteiger partial charge in [-0.1, -0.05) is 6.07 Å². The summed E-state index contributed by atoms with van der Waals surface area (Å²) in [5.41, 5.74) is 2.18. The lowest BCUT2D eigenvalue weighted by atomic mass is 9.55. The molecule has 1 aliphatic heterocycles. The normalized spacial score (nSPS) is 29.5. The third-order valence-corrected chi connectivity index (χ3v) is 6.85. The number of hydrogen-bond donors (Lipinski definition) is 1. The number of fused-ring (bicyclic) bond motifs is 1. The number of benzene rings is 1. The lowest BCUT2D eigenvalue weighted by molar-refractivity contribution is -0.169. The van der Waals surface area contributed by atoms with Crippen LogP contribution in [0.5, 0.6) is 11.5 Å². The number of phenols is 1. The summed E-state index contributed by atoms with van der Waals surface area (Å²) in [6.07, 6.45) is 0.183. The van der Waals surface area contributed by atoms with Crippen LogP contribution in [0.2, 0.25) is 0 Å².